The van der Waals surface area contributed by atoms with Crippen LogP contribution >= 0.6 is 0 Å². The molecule has 39 heavy (non-hydrogen) atoms. The largest absolute Gasteiger partial charge is 0.497 e. The minimum absolute atomic E-state index is 0.199. The molecule has 9 rings (SSSR count). The average Bonchev–Trinajstić information content (AvgIpc) is 3.21. The molecule has 6 aliphatic rings. The van der Waals surface area contributed by atoms with Crippen LogP contribution < -0.4 is 19.7 Å². The van der Waals surface area contributed by atoms with Crippen LogP contribution in [0.3, 0.4) is 0 Å². The molecule has 194 valence electrons. The highest BCUT2D eigenvalue weighted by Crippen LogP contribution is 2.65. The number of carbonyl (C=O) groups excluding carboxylic acids is 2. The van der Waals surface area contributed by atoms with E-state index in [1.807, 2.05) is 59.5 Å². The molecule has 3 aromatic carbocycles. The fraction of sp³-hybridized carbons (Fsp3) is 0.250. The van der Waals surface area contributed by atoms with Gasteiger partial charge in [-0.2, -0.15) is 0 Å². The second-order valence-electron chi connectivity index (χ2n) is 10.9. The fourth-order valence-electron chi connectivity index (χ4n) is 7.76. The number of fused-ring (bicyclic) bond motifs is 3. The number of nitrogens with one attached hydrogen (secondary N) is 1. The number of ether oxygens (including phenoxy) is 2. The lowest BCUT2D eigenvalue weighted by Gasteiger charge is -2.64. The van der Waals surface area contributed by atoms with Gasteiger partial charge in [0, 0.05) is 17.2 Å². The van der Waals surface area contributed by atoms with E-state index >= 15 is 0 Å². The Morgan fingerprint density at radius 1 is 0.923 bits per heavy atom. The lowest BCUT2D eigenvalue weighted by atomic mass is 9.61. The molecular formula is C32H27N3O4. The number of allylic oxidation sites excluding steroid dienone is 1. The standard InChI is InChI=1S/C32H27N3O4/c1-18-21-11-7-8-12-24(21)34-29(36)30(37)35-28-22-15-20(38-2)16-25(39-3)26(22)27(19-9-5-4-6-10-19)33-31(28)13-14-32(34,35)23(18)17-31/h4-16,27-28,33H,17H2,1-3H3/t27-,28-,31-,32-/m0/s1. The predicted molar refractivity (Wildman–Crippen MR) is 146 cm³/mol. The lowest BCUT2D eigenvalue weighted by molar-refractivity contribution is -0.145. The van der Waals surface area contributed by atoms with E-state index in [-0.39, 0.29) is 6.04 Å². The van der Waals surface area contributed by atoms with Gasteiger partial charge in [-0.3, -0.25) is 24.7 Å². The Bertz CT molecular complexity index is 1680. The van der Waals surface area contributed by atoms with Crippen molar-refractivity contribution in [1.29, 1.82) is 0 Å². The molecule has 2 amide bonds. The number of hydrogen-bond acceptors (Lipinski definition) is 5. The van der Waals surface area contributed by atoms with E-state index in [0.717, 1.165) is 39.1 Å². The minimum Gasteiger partial charge on any atom is -0.497 e. The van der Waals surface area contributed by atoms with E-state index in [9.17, 15) is 9.59 Å². The third kappa shape index (κ3) is 2.52. The zero-order valence-corrected chi connectivity index (χ0v) is 21.9. The van der Waals surface area contributed by atoms with Crippen LogP contribution in [0, 0.1) is 0 Å². The molecule has 3 aromatic rings. The van der Waals surface area contributed by atoms with E-state index in [4.69, 9.17) is 9.47 Å². The molecule has 0 unspecified atom stereocenters. The molecule has 2 spiro atoms. The summed E-state index contributed by atoms with van der Waals surface area (Å²) in [5, 5.41) is 3.97. The van der Waals surface area contributed by atoms with E-state index in [1.165, 1.54) is 0 Å². The maximum Gasteiger partial charge on any atom is 0.319 e. The van der Waals surface area contributed by atoms with Crippen molar-refractivity contribution in [2.45, 2.75) is 36.6 Å². The predicted octanol–water partition coefficient (Wildman–Crippen LogP) is 4.51. The van der Waals surface area contributed by atoms with Gasteiger partial charge in [-0.05, 0) is 53.8 Å². The zero-order valence-electron chi connectivity index (χ0n) is 21.9. The smallest absolute Gasteiger partial charge is 0.319 e. The van der Waals surface area contributed by atoms with Crippen molar-refractivity contribution in [2.24, 2.45) is 0 Å². The summed E-state index contributed by atoms with van der Waals surface area (Å²) in [7, 11) is 3.29. The number of amides is 2. The number of para-hydroxylation sites is 1. The van der Waals surface area contributed by atoms with Crippen LogP contribution in [0.25, 0.3) is 5.57 Å². The first-order chi connectivity index (χ1) is 18.9. The van der Waals surface area contributed by atoms with Gasteiger partial charge in [-0.15, -0.1) is 0 Å². The van der Waals surface area contributed by atoms with Crippen LogP contribution in [0.15, 0.2) is 84.5 Å². The molecule has 5 aliphatic heterocycles. The molecule has 5 heterocycles. The van der Waals surface area contributed by atoms with Crippen LogP contribution in [-0.2, 0) is 9.59 Å². The molecule has 2 saturated heterocycles. The quantitative estimate of drug-likeness (QED) is 0.409. The summed E-state index contributed by atoms with van der Waals surface area (Å²) in [5.74, 6) is 0.326. The molecule has 7 heteroatoms. The van der Waals surface area contributed by atoms with E-state index < -0.39 is 29.1 Å². The molecule has 1 aliphatic carbocycles. The number of nitrogens with zero attached hydrogens (tertiary/aromatic N) is 2. The van der Waals surface area contributed by atoms with Crippen molar-refractivity contribution in [1.82, 2.24) is 10.2 Å². The van der Waals surface area contributed by atoms with Gasteiger partial charge in [0.05, 0.1) is 37.5 Å². The maximum atomic E-state index is 14.1. The number of anilines is 1. The van der Waals surface area contributed by atoms with Crippen molar-refractivity contribution in [2.75, 3.05) is 19.1 Å². The molecule has 7 nitrogen and oxygen atoms in total. The summed E-state index contributed by atoms with van der Waals surface area (Å²) in [6, 6.07) is 21.4. The number of carbonyl (C=O) groups is 2. The van der Waals surface area contributed by atoms with Crippen LogP contribution in [0.2, 0.25) is 0 Å². The summed E-state index contributed by atoms with van der Waals surface area (Å²) in [5.41, 5.74) is 5.32. The van der Waals surface area contributed by atoms with Gasteiger partial charge >= 0.3 is 11.8 Å². The van der Waals surface area contributed by atoms with Crippen molar-refractivity contribution in [3.8, 4) is 11.5 Å². The van der Waals surface area contributed by atoms with Crippen LogP contribution in [0.1, 0.15) is 47.7 Å². The third-order valence-corrected chi connectivity index (χ3v) is 9.32. The van der Waals surface area contributed by atoms with Crippen molar-refractivity contribution in [3.63, 3.8) is 0 Å². The molecule has 0 saturated carbocycles. The Balaban J connectivity index is 1.46. The van der Waals surface area contributed by atoms with Gasteiger partial charge in [-0.1, -0.05) is 54.6 Å². The monoisotopic (exact) mass is 517 g/mol. The first-order valence-corrected chi connectivity index (χ1v) is 13.2. The number of piperidine rings is 1. The summed E-state index contributed by atoms with van der Waals surface area (Å²) >= 11 is 0. The normalized spacial score (nSPS) is 29.2. The summed E-state index contributed by atoms with van der Waals surface area (Å²) in [6.07, 6.45) is 4.93. The van der Waals surface area contributed by atoms with Gasteiger partial charge in [0.25, 0.3) is 0 Å². The van der Waals surface area contributed by atoms with E-state index in [0.29, 0.717) is 17.9 Å². The molecule has 2 fully saturated rings. The first kappa shape index (κ1) is 22.6. The lowest BCUT2D eigenvalue weighted by Crippen LogP contribution is -2.73. The first-order valence-electron chi connectivity index (χ1n) is 13.2. The molecule has 0 aromatic heterocycles. The average molecular weight is 518 g/mol. The minimum atomic E-state index is -0.978. The SMILES string of the molecule is COc1cc(OC)c2c(c1)[C@@H]1N3C(=O)C(=O)N4c5ccccc5C(C)=C5C[C@]1(C=C[C@]543)N[C@H]2c1ccccc1. The van der Waals surface area contributed by atoms with Gasteiger partial charge in [0.1, 0.15) is 11.5 Å². The van der Waals surface area contributed by atoms with Crippen molar-refractivity contribution < 1.29 is 19.1 Å². The van der Waals surface area contributed by atoms with Crippen molar-refractivity contribution >= 4 is 23.1 Å². The summed E-state index contributed by atoms with van der Waals surface area (Å²) < 4.78 is 11.6. The molecule has 0 radical (unpaired) electrons. The number of methoxy groups -OCH3 is 2. The second kappa shape index (κ2) is 7.39. The van der Waals surface area contributed by atoms with Crippen molar-refractivity contribution in [3.05, 3.63) is 107 Å². The van der Waals surface area contributed by atoms with Gasteiger partial charge in [0.2, 0.25) is 0 Å². The Morgan fingerprint density at radius 2 is 1.69 bits per heavy atom. The van der Waals surface area contributed by atoms with E-state index in [2.05, 4.69) is 36.5 Å². The summed E-state index contributed by atoms with van der Waals surface area (Å²) in [4.78, 5) is 31.5. The Hall–Kier alpha value is -4.36. The number of rotatable bonds is 3. The Morgan fingerprint density at radius 3 is 2.46 bits per heavy atom. The van der Waals surface area contributed by atoms with Crippen LogP contribution in [0.5, 0.6) is 11.5 Å². The Kier molecular flexibility index (Phi) is 4.28. The Labute approximate surface area is 226 Å². The number of benzene rings is 3. The fourth-order valence-corrected chi connectivity index (χ4v) is 7.76. The molecule has 2 bridgehead atoms. The topological polar surface area (TPSA) is 71.1 Å². The molecule has 1 N–H and O–H groups in total. The zero-order chi connectivity index (χ0) is 26.7. The van der Waals surface area contributed by atoms with Gasteiger partial charge in [-0.25, -0.2) is 0 Å². The third-order valence-electron chi connectivity index (χ3n) is 9.32. The number of hydrogen-bond donors (Lipinski definition) is 1. The molecule has 4 atom stereocenters. The second-order valence-corrected chi connectivity index (χ2v) is 10.9. The highest BCUT2D eigenvalue weighted by Gasteiger charge is 2.72. The van der Waals surface area contributed by atoms with Gasteiger partial charge in [0.15, 0.2) is 5.66 Å². The van der Waals surface area contributed by atoms with Crippen LogP contribution in [-0.4, -0.2) is 42.1 Å². The summed E-state index contributed by atoms with van der Waals surface area (Å²) in [6.45, 7) is 2.11. The highest BCUT2D eigenvalue weighted by molar-refractivity contribution is 6.44. The molecular weight excluding hydrogens is 490 g/mol. The maximum absolute atomic E-state index is 14.1. The van der Waals surface area contributed by atoms with Crippen LogP contribution in [0.4, 0.5) is 5.69 Å². The van der Waals surface area contributed by atoms with E-state index in [1.54, 1.807) is 19.1 Å². The van der Waals surface area contributed by atoms with Gasteiger partial charge < -0.3 is 9.47 Å². The highest BCUT2D eigenvalue weighted by atomic mass is 16.5.